The SMILES string of the molecule is CC[C@H](NC(=O)COC(=O)/C(C#N)=C/c1ccco1)c1ccc(C)cc1. The first kappa shape index (κ1) is 19.0. The summed E-state index contributed by atoms with van der Waals surface area (Å²) in [6, 6.07) is 12.7. The molecule has 2 rings (SSSR count). The average molecular weight is 352 g/mol. The van der Waals surface area contributed by atoms with E-state index in [9.17, 15) is 9.59 Å². The van der Waals surface area contributed by atoms with Gasteiger partial charge in [0, 0.05) is 6.08 Å². The Hall–Kier alpha value is -3.33. The number of carbonyl (C=O) groups excluding carboxylic acids is 2. The molecule has 0 fully saturated rings. The maximum Gasteiger partial charge on any atom is 0.349 e. The largest absolute Gasteiger partial charge is 0.465 e. The number of esters is 1. The Morgan fingerprint density at radius 2 is 2.04 bits per heavy atom. The Bertz CT molecular complexity index is 814. The van der Waals surface area contributed by atoms with Crippen molar-refractivity contribution in [1.29, 1.82) is 5.26 Å². The van der Waals surface area contributed by atoms with Gasteiger partial charge in [-0.1, -0.05) is 36.8 Å². The van der Waals surface area contributed by atoms with Crippen molar-refractivity contribution in [3.05, 3.63) is 65.1 Å². The second-order valence-electron chi connectivity index (χ2n) is 5.70. The summed E-state index contributed by atoms with van der Waals surface area (Å²) in [5, 5.41) is 11.9. The van der Waals surface area contributed by atoms with E-state index in [1.165, 1.54) is 12.3 Å². The van der Waals surface area contributed by atoms with Gasteiger partial charge in [-0.3, -0.25) is 4.79 Å². The Kier molecular flexibility index (Phi) is 6.75. The summed E-state index contributed by atoms with van der Waals surface area (Å²) >= 11 is 0. The molecule has 0 aliphatic carbocycles. The fourth-order valence-corrected chi connectivity index (χ4v) is 2.32. The number of carbonyl (C=O) groups is 2. The van der Waals surface area contributed by atoms with Crippen molar-refractivity contribution in [3.63, 3.8) is 0 Å². The maximum atomic E-state index is 12.1. The number of ether oxygens (including phenoxy) is 1. The molecule has 6 nitrogen and oxygen atoms in total. The molecule has 2 aromatic rings. The zero-order valence-corrected chi connectivity index (χ0v) is 14.7. The highest BCUT2D eigenvalue weighted by atomic mass is 16.5. The molecule has 1 aromatic heterocycles. The van der Waals surface area contributed by atoms with Gasteiger partial charge < -0.3 is 14.5 Å². The second-order valence-corrected chi connectivity index (χ2v) is 5.70. The standard InChI is InChI=1S/C20H20N2O4/c1-3-18(15-8-6-14(2)7-9-15)22-19(23)13-26-20(24)16(12-21)11-17-5-4-10-25-17/h4-11,18H,3,13H2,1-2H3,(H,22,23)/b16-11+/t18-/m0/s1. The van der Waals surface area contributed by atoms with Crippen LogP contribution in [0, 0.1) is 18.3 Å². The Morgan fingerprint density at radius 3 is 2.62 bits per heavy atom. The van der Waals surface area contributed by atoms with E-state index in [2.05, 4.69) is 5.32 Å². The van der Waals surface area contributed by atoms with Crippen LogP contribution in [0.2, 0.25) is 0 Å². The minimum atomic E-state index is -0.873. The van der Waals surface area contributed by atoms with Crippen LogP contribution < -0.4 is 5.32 Å². The number of aryl methyl sites for hydroxylation is 1. The van der Waals surface area contributed by atoms with E-state index in [1.807, 2.05) is 38.1 Å². The van der Waals surface area contributed by atoms with Gasteiger partial charge in [-0.2, -0.15) is 5.26 Å². The van der Waals surface area contributed by atoms with Gasteiger partial charge in [0.1, 0.15) is 17.4 Å². The van der Waals surface area contributed by atoms with Crippen molar-refractivity contribution < 1.29 is 18.7 Å². The third-order valence-electron chi connectivity index (χ3n) is 3.73. The van der Waals surface area contributed by atoms with E-state index >= 15 is 0 Å². The summed E-state index contributed by atoms with van der Waals surface area (Å²) in [7, 11) is 0. The third-order valence-corrected chi connectivity index (χ3v) is 3.73. The number of nitriles is 1. The van der Waals surface area contributed by atoms with Gasteiger partial charge in [0.15, 0.2) is 6.61 Å². The lowest BCUT2D eigenvalue weighted by Crippen LogP contribution is -2.32. The minimum Gasteiger partial charge on any atom is -0.465 e. The molecule has 0 unspecified atom stereocenters. The van der Waals surface area contributed by atoms with E-state index in [0.717, 1.165) is 11.1 Å². The van der Waals surface area contributed by atoms with Crippen molar-refractivity contribution in [2.75, 3.05) is 6.61 Å². The number of furan rings is 1. The lowest BCUT2D eigenvalue weighted by Gasteiger charge is -2.17. The van der Waals surface area contributed by atoms with Crippen molar-refractivity contribution in [1.82, 2.24) is 5.32 Å². The van der Waals surface area contributed by atoms with Crippen LogP contribution in [0.1, 0.15) is 36.3 Å². The summed E-state index contributed by atoms with van der Waals surface area (Å²) in [5.41, 5.74) is 1.88. The van der Waals surface area contributed by atoms with Gasteiger partial charge in [0.25, 0.3) is 5.91 Å². The molecule has 26 heavy (non-hydrogen) atoms. The normalized spacial score (nSPS) is 12.1. The molecule has 0 radical (unpaired) electrons. The second kappa shape index (κ2) is 9.23. The predicted octanol–water partition coefficient (Wildman–Crippen LogP) is 3.31. The fraction of sp³-hybridized carbons (Fsp3) is 0.250. The van der Waals surface area contributed by atoms with E-state index < -0.39 is 18.5 Å². The summed E-state index contributed by atoms with van der Waals surface area (Å²) in [6.07, 6.45) is 3.39. The number of nitrogens with zero attached hydrogens (tertiary/aromatic N) is 1. The Labute approximate surface area is 152 Å². The van der Waals surface area contributed by atoms with Crippen LogP contribution in [-0.4, -0.2) is 18.5 Å². The molecule has 1 heterocycles. The molecule has 6 heteroatoms. The van der Waals surface area contributed by atoms with Crippen LogP contribution in [0.15, 0.2) is 52.7 Å². The van der Waals surface area contributed by atoms with Gasteiger partial charge in [-0.15, -0.1) is 0 Å². The van der Waals surface area contributed by atoms with E-state index in [-0.39, 0.29) is 11.6 Å². The van der Waals surface area contributed by atoms with Crippen LogP contribution in [0.3, 0.4) is 0 Å². The molecule has 1 atom stereocenters. The molecule has 1 N–H and O–H groups in total. The number of nitrogens with one attached hydrogen (secondary N) is 1. The molecular weight excluding hydrogens is 332 g/mol. The molecule has 0 aliphatic rings. The topological polar surface area (TPSA) is 92.3 Å². The van der Waals surface area contributed by atoms with Crippen LogP contribution in [0.25, 0.3) is 6.08 Å². The molecular formula is C20H20N2O4. The Balaban J connectivity index is 1.91. The molecule has 1 amide bonds. The molecule has 0 spiro atoms. The van der Waals surface area contributed by atoms with Crippen LogP contribution in [0.5, 0.6) is 0 Å². The molecule has 1 aromatic carbocycles. The van der Waals surface area contributed by atoms with Gasteiger partial charge in [0.05, 0.1) is 12.3 Å². The molecule has 134 valence electrons. The quantitative estimate of drug-likeness (QED) is 0.469. The van der Waals surface area contributed by atoms with Crippen molar-refractivity contribution in [3.8, 4) is 6.07 Å². The fourth-order valence-electron chi connectivity index (χ4n) is 2.32. The molecule has 0 saturated carbocycles. The van der Waals surface area contributed by atoms with Gasteiger partial charge in [-0.05, 0) is 31.0 Å². The monoisotopic (exact) mass is 352 g/mol. The predicted molar refractivity (Wildman–Crippen MR) is 95.6 cm³/mol. The summed E-state index contributed by atoms with van der Waals surface area (Å²) in [4.78, 5) is 24.0. The zero-order valence-electron chi connectivity index (χ0n) is 14.7. The highest BCUT2D eigenvalue weighted by molar-refractivity contribution is 5.98. The summed E-state index contributed by atoms with van der Waals surface area (Å²) in [6.45, 7) is 3.49. The first-order valence-electron chi connectivity index (χ1n) is 8.21. The average Bonchev–Trinajstić information content (AvgIpc) is 3.16. The number of benzene rings is 1. The van der Waals surface area contributed by atoms with Crippen molar-refractivity contribution >= 4 is 18.0 Å². The highest BCUT2D eigenvalue weighted by Crippen LogP contribution is 2.17. The first-order chi connectivity index (χ1) is 12.5. The third kappa shape index (κ3) is 5.35. The molecule has 0 bridgehead atoms. The zero-order chi connectivity index (χ0) is 18.9. The number of amides is 1. The van der Waals surface area contributed by atoms with Gasteiger partial charge >= 0.3 is 5.97 Å². The molecule has 0 saturated heterocycles. The lowest BCUT2D eigenvalue weighted by molar-refractivity contribution is -0.144. The van der Waals surface area contributed by atoms with Crippen molar-refractivity contribution in [2.45, 2.75) is 26.3 Å². The summed E-state index contributed by atoms with van der Waals surface area (Å²) in [5.74, 6) is -0.947. The van der Waals surface area contributed by atoms with Crippen LogP contribution in [0.4, 0.5) is 0 Å². The minimum absolute atomic E-state index is 0.170. The highest BCUT2D eigenvalue weighted by Gasteiger charge is 2.16. The smallest absolute Gasteiger partial charge is 0.349 e. The van der Waals surface area contributed by atoms with Gasteiger partial charge in [-0.25, -0.2) is 4.79 Å². The number of hydrogen-bond acceptors (Lipinski definition) is 5. The van der Waals surface area contributed by atoms with Crippen LogP contribution in [-0.2, 0) is 14.3 Å². The van der Waals surface area contributed by atoms with E-state index in [4.69, 9.17) is 14.4 Å². The van der Waals surface area contributed by atoms with Crippen LogP contribution >= 0.6 is 0 Å². The lowest BCUT2D eigenvalue weighted by atomic mass is 10.0. The number of rotatable bonds is 7. The van der Waals surface area contributed by atoms with E-state index in [1.54, 1.807) is 18.2 Å². The van der Waals surface area contributed by atoms with Gasteiger partial charge in [0.2, 0.25) is 0 Å². The molecule has 0 aliphatic heterocycles. The van der Waals surface area contributed by atoms with Crippen molar-refractivity contribution in [2.24, 2.45) is 0 Å². The first-order valence-corrected chi connectivity index (χ1v) is 8.21. The van der Waals surface area contributed by atoms with E-state index in [0.29, 0.717) is 12.2 Å². The maximum absolute atomic E-state index is 12.1. The number of hydrogen-bond donors (Lipinski definition) is 1. The Morgan fingerprint density at radius 1 is 1.31 bits per heavy atom. The summed E-state index contributed by atoms with van der Waals surface area (Å²) < 4.78 is 9.97.